The minimum absolute atomic E-state index is 0.0298. The van der Waals surface area contributed by atoms with Gasteiger partial charge in [-0.25, -0.2) is 9.59 Å². The van der Waals surface area contributed by atoms with Gasteiger partial charge in [0.2, 0.25) is 0 Å². The number of fused-ring (bicyclic) bond motifs is 1. The summed E-state index contributed by atoms with van der Waals surface area (Å²) in [6.45, 7) is 13.6. The van der Waals surface area contributed by atoms with Crippen LogP contribution in [-0.2, 0) is 35.7 Å². The maximum absolute atomic E-state index is 13.4. The highest BCUT2D eigenvalue weighted by molar-refractivity contribution is 7.80. The topological polar surface area (TPSA) is 123 Å². The maximum Gasteiger partial charge on any atom is 0.410 e. The van der Waals surface area contributed by atoms with Crippen LogP contribution in [0.3, 0.4) is 0 Å². The maximum atomic E-state index is 13.4. The number of nitro benzene ring substituents is 1. The summed E-state index contributed by atoms with van der Waals surface area (Å²) in [5.74, 6) is 0.689. The minimum atomic E-state index is -0.720. The number of hydrogen-bond acceptors (Lipinski definition) is 8. The van der Waals surface area contributed by atoms with Crippen molar-refractivity contribution in [2.45, 2.75) is 92.0 Å². The Kier molecular flexibility index (Phi) is 10.7. The standard InChI is InChI=1S/C35H42N4O7S/c1-23-31(47)36-29-18-27(13-16-30(29)44-23)22-38(33(41)46-35(5,6)7)21-26-10-8-9-25(17-26)20-37(32(40)45-34(2,3)4)19-24-11-14-28(15-12-24)39(42)43/h8-18,23H,19-22H2,1-7H3,(H,36,47). The molecule has 0 spiro atoms. The molecule has 4 rings (SSSR count). The molecule has 12 heteroatoms. The van der Waals surface area contributed by atoms with Crippen LogP contribution in [0.2, 0.25) is 0 Å². The molecule has 0 saturated carbocycles. The molecule has 0 aromatic heterocycles. The van der Waals surface area contributed by atoms with Crippen molar-refractivity contribution in [3.63, 3.8) is 0 Å². The van der Waals surface area contributed by atoms with E-state index in [2.05, 4.69) is 5.32 Å². The van der Waals surface area contributed by atoms with Crippen molar-refractivity contribution in [2.75, 3.05) is 5.32 Å². The zero-order chi connectivity index (χ0) is 34.5. The molecule has 1 atom stereocenters. The van der Waals surface area contributed by atoms with Gasteiger partial charge in [-0.2, -0.15) is 0 Å². The van der Waals surface area contributed by atoms with Crippen LogP contribution < -0.4 is 10.1 Å². The Labute approximate surface area is 280 Å². The van der Waals surface area contributed by atoms with Gasteiger partial charge in [-0.05, 0) is 82.9 Å². The fraction of sp³-hybridized carbons (Fsp3) is 0.400. The van der Waals surface area contributed by atoms with Crippen LogP contribution in [0.1, 0.15) is 70.7 Å². The number of amides is 2. The summed E-state index contributed by atoms with van der Waals surface area (Å²) in [7, 11) is 0. The quantitative estimate of drug-likeness (QED) is 0.138. The lowest BCUT2D eigenvalue weighted by Gasteiger charge is -2.29. The van der Waals surface area contributed by atoms with Crippen LogP contribution in [0.15, 0.2) is 66.7 Å². The fourth-order valence-electron chi connectivity index (χ4n) is 4.81. The third-order valence-electron chi connectivity index (χ3n) is 6.91. The van der Waals surface area contributed by atoms with Gasteiger partial charge >= 0.3 is 12.2 Å². The molecule has 1 heterocycles. The molecule has 0 radical (unpaired) electrons. The summed E-state index contributed by atoms with van der Waals surface area (Å²) in [6.07, 6.45) is -1.22. The van der Waals surface area contributed by atoms with Crippen molar-refractivity contribution in [3.8, 4) is 5.75 Å². The number of carbonyl (C=O) groups excluding carboxylic acids is 2. The van der Waals surface area contributed by atoms with Gasteiger partial charge in [0, 0.05) is 38.3 Å². The Morgan fingerprint density at radius 2 is 1.28 bits per heavy atom. The first-order valence-electron chi connectivity index (χ1n) is 15.3. The SMILES string of the molecule is CC1Oc2ccc(CN(Cc3cccc(CN(Cc4ccc([N+](=O)[O-])cc4)C(=O)OC(C)(C)C)c3)C(=O)OC(C)(C)C)cc2NC1=S. The van der Waals surface area contributed by atoms with Crippen LogP contribution >= 0.6 is 12.2 Å². The summed E-state index contributed by atoms with van der Waals surface area (Å²) in [5, 5.41) is 14.3. The second-order valence-electron chi connectivity index (χ2n) is 13.5. The van der Waals surface area contributed by atoms with Crippen molar-refractivity contribution in [3.05, 3.63) is 99.1 Å². The summed E-state index contributed by atoms with van der Waals surface area (Å²) in [4.78, 5) is 41.1. The Bertz CT molecular complexity index is 1630. The number of thiocarbonyl (C=S) groups is 1. The normalized spacial score (nSPS) is 14.3. The van der Waals surface area contributed by atoms with Crippen LogP contribution in [0.25, 0.3) is 0 Å². The van der Waals surface area contributed by atoms with E-state index < -0.39 is 28.3 Å². The highest BCUT2D eigenvalue weighted by atomic mass is 32.1. The van der Waals surface area contributed by atoms with Crippen molar-refractivity contribution in [2.24, 2.45) is 0 Å². The third-order valence-corrected chi connectivity index (χ3v) is 7.34. The molecule has 0 fully saturated rings. The first kappa shape index (κ1) is 35.1. The van der Waals surface area contributed by atoms with Crippen molar-refractivity contribution < 1.29 is 28.7 Å². The molecule has 0 saturated heterocycles. The molecule has 2 amide bonds. The van der Waals surface area contributed by atoms with E-state index in [0.717, 1.165) is 22.4 Å². The van der Waals surface area contributed by atoms with E-state index in [9.17, 15) is 19.7 Å². The highest BCUT2D eigenvalue weighted by Crippen LogP contribution is 2.31. The Balaban J connectivity index is 1.57. The van der Waals surface area contributed by atoms with E-state index in [1.165, 1.54) is 12.1 Å². The van der Waals surface area contributed by atoms with E-state index in [0.29, 0.717) is 16.3 Å². The molecule has 0 aliphatic carbocycles. The number of anilines is 1. The third kappa shape index (κ3) is 10.4. The molecule has 11 nitrogen and oxygen atoms in total. The molecular formula is C35H42N4O7S. The van der Waals surface area contributed by atoms with Crippen LogP contribution in [0.5, 0.6) is 5.75 Å². The lowest BCUT2D eigenvalue weighted by Crippen LogP contribution is -2.36. The molecule has 3 aromatic rings. The van der Waals surface area contributed by atoms with Gasteiger partial charge in [-0.3, -0.25) is 19.9 Å². The fourth-order valence-corrected chi connectivity index (χ4v) is 4.97. The number of rotatable bonds is 9. The largest absolute Gasteiger partial charge is 0.481 e. The van der Waals surface area contributed by atoms with Gasteiger partial charge in [0.25, 0.3) is 5.69 Å². The van der Waals surface area contributed by atoms with E-state index in [1.54, 1.807) is 42.7 Å². The molecule has 1 N–H and O–H groups in total. The van der Waals surface area contributed by atoms with Crippen molar-refractivity contribution in [1.82, 2.24) is 9.80 Å². The van der Waals surface area contributed by atoms with Crippen LogP contribution in [0.4, 0.5) is 21.0 Å². The Morgan fingerprint density at radius 3 is 1.77 bits per heavy atom. The Hall–Kier alpha value is -4.71. The van der Waals surface area contributed by atoms with E-state index in [1.807, 2.05) is 70.2 Å². The number of non-ortho nitro benzene ring substituents is 1. The average molecular weight is 663 g/mol. The lowest BCUT2D eigenvalue weighted by molar-refractivity contribution is -0.384. The summed E-state index contributed by atoms with van der Waals surface area (Å²) < 4.78 is 17.3. The minimum Gasteiger partial charge on any atom is -0.481 e. The van der Waals surface area contributed by atoms with E-state index in [4.69, 9.17) is 26.4 Å². The van der Waals surface area contributed by atoms with Gasteiger partial charge in [0.05, 0.1) is 10.6 Å². The van der Waals surface area contributed by atoms with Gasteiger partial charge in [0.15, 0.2) is 0 Å². The number of carbonyl (C=O) groups is 2. The first-order valence-corrected chi connectivity index (χ1v) is 15.7. The molecule has 3 aromatic carbocycles. The van der Waals surface area contributed by atoms with E-state index >= 15 is 0 Å². The summed E-state index contributed by atoms with van der Waals surface area (Å²) >= 11 is 5.38. The van der Waals surface area contributed by atoms with Gasteiger partial charge < -0.3 is 19.5 Å². The van der Waals surface area contributed by atoms with Gasteiger partial charge in [-0.1, -0.05) is 54.7 Å². The highest BCUT2D eigenvalue weighted by Gasteiger charge is 2.26. The molecule has 1 unspecified atom stereocenters. The molecule has 0 bridgehead atoms. The number of nitro groups is 1. The lowest BCUT2D eigenvalue weighted by atomic mass is 10.1. The first-order chi connectivity index (χ1) is 22.0. The number of ether oxygens (including phenoxy) is 3. The van der Waals surface area contributed by atoms with Crippen molar-refractivity contribution in [1.29, 1.82) is 0 Å². The second kappa shape index (κ2) is 14.4. The molecule has 1 aliphatic heterocycles. The second-order valence-corrected chi connectivity index (χ2v) is 13.9. The molecular weight excluding hydrogens is 620 g/mol. The zero-order valence-electron chi connectivity index (χ0n) is 27.9. The zero-order valence-corrected chi connectivity index (χ0v) is 28.7. The number of hydrogen-bond donors (Lipinski definition) is 1. The summed E-state index contributed by atoms with van der Waals surface area (Å²) in [6, 6.07) is 19.4. The average Bonchev–Trinajstić information content (AvgIpc) is 2.96. The predicted molar refractivity (Wildman–Crippen MR) is 183 cm³/mol. The van der Waals surface area contributed by atoms with Crippen LogP contribution in [0, 0.1) is 10.1 Å². The predicted octanol–water partition coefficient (Wildman–Crippen LogP) is 7.99. The molecule has 47 heavy (non-hydrogen) atoms. The van der Waals surface area contributed by atoms with Crippen molar-refractivity contribution >= 4 is 40.8 Å². The van der Waals surface area contributed by atoms with Crippen LogP contribution in [-0.4, -0.2) is 49.2 Å². The molecule has 1 aliphatic rings. The smallest absolute Gasteiger partial charge is 0.410 e. The molecule has 250 valence electrons. The van der Waals surface area contributed by atoms with Gasteiger partial charge in [0.1, 0.15) is 28.0 Å². The van der Waals surface area contributed by atoms with Gasteiger partial charge in [-0.15, -0.1) is 0 Å². The summed E-state index contributed by atoms with van der Waals surface area (Å²) in [5.41, 5.74) is 2.52. The van der Waals surface area contributed by atoms with E-state index in [-0.39, 0.29) is 38.0 Å². The monoisotopic (exact) mass is 662 g/mol. The Morgan fingerprint density at radius 1 is 0.809 bits per heavy atom. The number of benzene rings is 3. The number of nitrogens with zero attached hydrogens (tertiary/aromatic N) is 3. The number of nitrogens with one attached hydrogen (secondary N) is 1.